The number of benzene rings is 4. The molecule has 0 fully saturated rings. The van der Waals surface area contributed by atoms with Crippen molar-refractivity contribution in [3.8, 4) is 56.6 Å². The third-order valence-corrected chi connectivity index (χ3v) is 9.23. The van der Waals surface area contributed by atoms with Gasteiger partial charge in [0.2, 0.25) is 0 Å². The van der Waals surface area contributed by atoms with Crippen LogP contribution in [0, 0.1) is 34.3 Å². The summed E-state index contributed by atoms with van der Waals surface area (Å²) >= 11 is 0. The van der Waals surface area contributed by atoms with Crippen LogP contribution in [0.25, 0.3) is 44.5 Å². The Hall–Kier alpha value is -6.03. The van der Waals surface area contributed by atoms with E-state index >= 15 is 8.78 Å². The Morgan fingerprint density at radius 3 is 1.38 bits per heavy atom. The summed E-state index contributed by atoms with van der Waals surface area (Å²) in [4.78, 5) is 8.35. The predicted octanol–water partition coefficient (Wildman–Crippen LogP) is 8.28. The van der Waals surface area contributed by atoms with Gasteiger partial charge in [0.25, 0.3) is 0 Å². The van der Waals surface area contributed by atoms with Gasteiger partial charge in [0.05, 0.1) is 34.8 Å². The van der Waals surface area contributed by atoms with E-state index in [0.717, 1.165) is 22.3 Å². The maximum absolute atomic E-state index is 15.4. The number of hydrogen-bond donors (Lipinski definition) is 0. The van der Waals surface area contributed by atoms with Crippen molar-refractivity contribution < 1.29 is 17.2 Å². The maximum atomic E-state index is 15.4. The number of pyridine rings is 2. The molecule has 0 N–H and O–H groups in total. The molecule has 6 nitrogen and oxygen atoms in total. The fourth-order valence-electron chi connectivity index (χ4n) is 5.45. The highest BCUT2D eigenvalue weighted by Crippen LogP contribution is 2.34. The number of halogens is 2. The van der Waals surface area contributed by atoms with Crippen LogP contribution in [0.15, 0.2) is 122 Å². The monoisotopic (exact) mass is 638 g/mol. The third kappa shape index (κ3) is 6.81. The zero-order chi connectivity index (χ0) is 33.0. The van der Waals surface area contributed by atoms with Gasteiger partial charge < -0.3 is 0 Å². The van der Waals surface area contributed by atoms with Crippen molar-refractivity contribution in [1.82, 2.24) is 9.97 Å². The van der Waals surface area contributed by atoms with Crippen LogP contribution in [-0.2, 0) is 21.3 Å². The number of rotatable bonds is 8. The molecule has 0 aliphatic rings. The summed E-state index contributed by atoms with van der Waals surface area (Å²) in [6.45, 7) is 0. The molecule has 9 heteroatoms. The van der Waals surface area contributed by atoms with Crippen molar-refractivity contribution >= 4 is 9.84 Å². The minimum atomic E-state index is -3.97. The molecule has 6 aromatic rings. The van der Waals surface area contributed by atoms with E-state index in [1.807, 2.05) is 12.1 Å². The van der Waals surface area contributed by atoms with Crippen molar-refractivity contribution in [3.05, 3.63) is 156 Å². The van der Waals surface area contributed by atoms with Crippen molar-refractivity contribution in [2.75, 3.05) is 0 Å². The number of nitriles is 2. The molecule has 6 rings (SSSR count). The van der Waals surface area contributed by atoms with E-state index in [1.165, 1.54) is 24.3 Å². The lowest BCUT2D eigenvalue weighted by molar-refractivity contribution is 0.581. The van der Waals surface area contributed by atoms with Gasteiger partial charge in [-0.1, -0.05) is 48.5 Å². The molecule has 0 saturated carbocycles. The van der Waals surface area contributed by atoms with Gasteiger partial charge in [-0.2, -0.15) is 10.5 Å². The van der Waals surface area contributed by atoms with E-state index in [-0.39, 0.29) is 11.1 Å². The summed E-state index contributed by atoms with van der Waals surface area (Å²) in [5, 5.41) is 18.6. The van der Waals surface area contributed by atoms with Gasteiger partial charge in [-0.25, -0.2) is 17.2 Å². The topological polar surface area (TPSA) is 108 Å². The van der Waals surface area contributed by atoms with Gasteiger partial charge in [0.1, 0.15) is 11.6 Å². The minimum Gasteiger partial charge on any atom is -0.264 e. The third-order valence-electron chi connectivity index (χ3n) is 7.73. The number of hydrogen-bond acceptors (Lipinski definition) is 6. The zero-order valence-electron chi connectivity index (χ0n) is 24.7. The van der Waals surface area contributed by atoms with Crippen LogP contribution in [0.2, 0.25) is 0 Å². The minimum absolute atomic E-state index is 0.0395. The largest absolute Gasteiger partial charge is 0.264 e. The fraction of sp³-hybridized carbons (Fsp3) is 0.0526. The molecular weight excluding hydrogens is 615 g/mol. The lowest BCUT2D eigenvalue weighted by atomic mass is 9.95. The van der Waals surface area contributed by atoms with Gasteiger partial charge in [-0.15, -0.1) is 0 Å². The molecule has 0 radical (unpaired) electrons. The van der Waals surface area contributed by atoms with Crippen LogP contribution >= 0.6 is 0 Å². The Kier molecular flexibility index (Phi) is 8.66. The van der Waals surface area contributed by atoms with Crippen LogP contribution in [0.3, 0.4) is 0 Å². The summed E-state index contributed by atoms with van der Waals surface area (Å²) in [6.07, 6.45) is 6.38. The summed E-state index contributed by atoms with van der Waals surface area (Å²) in [5.74, 6) is -2.67. The first-order chi connectivity index (χ1) is 22.7. The summed E-state index contributed by atoms with van der Waals surface area (Å²) < 4.78 is 57.1. The Balaban J connectivity index is 1.23. The van der Waals surface area contributed by atoms with E-state index in [9.17, 15) is 18.9 Å². The van der Waals surface area contributed by atoms with E-state index in [0.29, 0.717) is 33.4 Å². The van der Waals surface area contributed by atoms with E-state index in [4.69, 9.17) is 0 Å². The maximum Gasteiger partial charge on any atom is 0.158 e. The summed E-state index contributed by atoms with van der Waals surface area (Å²) in [7, 11) is -3.97. The number of nitrogens with zero attached hydrogens (tertiary/aromatic N) is 4. The van der Waals surface area contributed by atoms with Crippen LogP contribution in [0.1, 0.15) is 22.3 Å². The molecule has 0 bridgehead atoms. The molecular formula is C38H24F2N4O2S. The lowest BCUT2D eigenvalue weighted by Gasteiger charge is -2.13. The fourth-order valence-corrected chi connectivity index (χ4v) is 6.97. The van der Waals surface area contributed by atoms with Crippen LogP contribution in [0.5, 0.6) is 0 Å². The molecule has 4 aromatic carbocycles. The quantitative estimate of drug-likeness (QED) is 0.166. The second-order valence-electron chi connectivity index (χ2n) is 10.9. The lowest BCUT2D eigenvalue weighted by Crippen LogP contribution is -2.10. The van der Waals surface area contributed by atoms with Gasteiger partial charge in [-0.3, -0.25) is 9.97 Å². The van der Waals surface area contributed by atoms with Crippen molar-refractivity contribution in [2.45, 2.75) is 11.5 Å². The van der Waals surface area contributed by atoms with E-state index in [1.54, 1.807) is 85.5 Å². The molecule has 0 unspecified atom stereocenters. The SMILES string of the molecule is N#Cc1cccc(-c2ccncc2-c2ccc(CS(=O)(=O)Cc3ccc(-c4cnccc4-c4cccc(C#N)c4)cc3F)c(F)c2)c1. The average Bonchev–Trinajstić information content (AvgIpc) is 3.10. The van der Waals surface area contributed by atoms with E-state index < -0.39 is 33.0 Å². The molecule has 2 aromatic heterocycles. The van der Waals surface area contributed by atoms with Crippen molar-refractivity contribution in [2.24, 2.45) is 0 Å². The first-order valence-electron chi connectivity index (χ1n) is 14.4. The Morgan fingerprint density at radius 1 is 0.553 bits per heavy atom. The summed E-state index contributed by atoms with van der Waals surface area (Å²) in [5.41, 5.74) is 6.10. The van der Waals surface area contributed by atoms with Crippen LogP contribution in [0.4, 0.5) is 8.78 Å². The molecule has 0 aliphatic carbocycles. The van der Waals surface area contributed by atoms with Crippen LogP contribution < -0.4 is 0 Å². The summed E-state index contributed by atoms with van der Waals surface area (Å²) in [6, 6.07) is 30.4. The molecule has 47 heavy (non-hydrogen) atoms. The number of sulfone groups is 1. The highest BCUT2D eigenvalue weighted by atomic mass is 32.2. The van der Waals surface area contributed by atoms with Crippen molar-refractivity contribution in [3.63, 3.8) is 0 Å². The normalized spacial score (nSPS) is 11.1. The van der Waals surface area contributed by atoms with Crippen LogP contribution in [-0.4, -0.2) is 18.4 Å². The molecule has 0 atom stereocenters. The first-order valence-corrected chi connectivity index (χ1v) is 16.2. The molecule has 0 aliphatic heterocycles. The standard InChI is InChI=1S/C38H24F2N4O2S/c39-37-17-29(35-21-43-13-11-33(35)27-5-1-3-25(15-27)19-41)7-9-31(37)23-47(45,46)24-32-10-8-30(18-38(32)40)36-22-44-14-12-34(36)28-6-2-4-26(16-28)20-42/h1-18,21-22H,23-24H2. The Morgan fingerprint density at radius 2 is 0.979 bits per heavy atom. The molecule has 0 spiro atoms. The molecule has 0 amide bonds. The predicted molar refractivity (Wildman–Crippen MR) is 176 cm³/mol. The van der Waals surface area contributed by atoms with Gasteiger partial charge in [0.15, 0.2) is 9.84 Å². The molecule has 228 valence electrons. The van der Waals surface area contributed by atoms with Gasteiger partial charge in [-0.05, 0) is 81.9 Å². The molecule has 0 saturated heterocycles. The first kappa shape index (κ1) is 31.0. The Labute approximate surface area is 270 Å². The average molecular weight is 639 g/mol. The zero-order valence-corrected chi connectivity index (χ0v) is 25.5. The highest BCUT2D eigenvalue weighted by molar-refractivity contribution is 7.89. The number of aromatic nitrogens is 2. The Bertz CT molecular complexity index is 2190. The molecule has 2 heterocycles. The van der Waals surface area contributed by atoms with E-state index in [2.05, 4.69) is 22.1 Å². The second-order valence-corrected chi connectivity index (χ2v) is 12.9. The smallest absolute Gasteiger partial charge is 0.158 e. The van der Waals surface area contributed by atoms with Gasteiger partial charge in [0, 0.05) is 47.0 Å². The highest BCUT2D eigenvalue weighted by Gasteiger charge is 2.20. The second kappa shape index (κ2) is 13.1. The van der Waals surface area contributed by atoms with Gasteiger partial charge >= 0.3 is 0 Å². The van der Waals surface area contributed by atoms with Crippen molar-refractivity contribution in [1.29, 1.82) is 10.5 Å².